The monoisotopic (exact) mass is 280 g/mol. The van der Waals surface area contributed by atoms with E-state index < -0.39 is 18.6 Å². The number of carbonyl (C=O) groups excluding carboxylic acids is 1. The van der Waals surface area contributed by atoms with Crippen molar-refractivity contribution >= 4 is 17.2 Å². The minimum atomic E-state index is -2.99. The normalized spacial score (nSPS) is 12.6. The van der Waals surface area contributed by atoms with Crippen molar-refractivity contribution in [1.29, 1.82) is 0 Å². The summed E-state index contributed by atoms with van der Waals surface area (Å²) in [6, 6.07) is 1.37. The van der Waals surface area contributed by atoms with Crippen LogP contribution in [0.4, 0.5) is 8.78 Å². The number of hydrogen-bond acceptors (Lipinski definition) is 5. The molecule has 0 saturated heterocycles. The Labute approximate surface area is 107 Å². The van der Waals surface area contributed by atoms with Crippen LogP contribution in [0.25, 0.3) is 0 Å². The Bertz CT molecular complexity index is 412. The second-order valence-electron chi connectivity index (χ2n) is 3.53. The Balaban J connectivity index is 2.72. The average molecular weight is 280 g/mol. The van der Waals surface area contributed by atoms with Gasteiger partial charge in [-0.2, -0.15) is 8.78 Å². The van der Waals surface area contributed by atoms with Gasteiger partial charge in [0.05, 0.1) is 6.10 Å². The van der Waals surface area contributed by atoms with E-state index in [1.54, 1.807) is 6.92 Å². The summed E-state index contributed by atoms with van der Waals surface area (Å²) in [5.74, 6) is -0.733. The van der Waals surface area contributed by atoms with Crippen molar-refractivity contribution in [3.05, 3.63) is 15.8 Å². The zero-order valence-corrected chi connectivity index (χ0v) is 10.5. The Morgan fingerprint density at radius 3 is 2.89 bits per heavy atom. The van der Waals surface area contributed by atoms with Crippen LogP contribution in [0.5, 0.6) is 5.75 Å². The molecular weight excluding hydrogens is 266 g/mol. The topological polar surface area (TPSA) is 84.6 Å². The smallest absolute Gasteiger partial charge is 0.387 e. The summed E-state index contributed by atoms with van der Waals surface area (Å²) in [6.07, 6.45) is -0.866. The quantitative estimate of drug-likeness (QED) is 0.716. The standard InChI is InChI=1S/C10H14F2N2O3S/c1-5-2-7(17-10(11)12)8(18-5)9(16)14-4-6(15)3-13/h2,6,10,15H,3-4,13H2,1H3,(H,14,16). The van der Waals surface area contributed by atoms with Crippen molar-refractivity contribution in [3.63, 3.8) is 0 Å². The Hall–Kier alpha value is -1.25. The molecule has 0 spiro atoms. The number of thiophene rings is 1. The molecule has 102 valence electrons. The number of aliphatic hydroxyl groups excluding tert-OH is 1. The lowest BCUT2D eigenvalue weighted by Crippen LogP contribution is -2.35. The minimum absolute atomic E-state index is 0.00411. The number of alkyl halides is 2. The van der Waals surface area contributed by atoms with Gasteiger partial charge in [-0.3, -0.25) is 4.79 Å². The highest BCUT2D eigenvalue weighted by molar-refractivity contribution is 7.14. The van der Waals surface area contributed by atoms with Crippen LogP contribution in [-0.4, -0.2) is 36.8 Å². The van der Waals surface area contributed by atoms with Gasteiger partial charge in [0.1, 0.15) is 10.6 Å². The van der Waals surface area contributed by atoms with Crippen molar-refractivity contribution in [2.24, 2.45) is 5.73 Å². The maximum atomic E-state index is 12.1. The summed E-state index contributed by atoms with van der Waals surface area (Å²) in [7, 11) is 0. The summed E-state index contributed by atoms with van der Waals surface area (Å²) in [5, 5.41) is 11.6. The molecule has 4 N–H and O–H groups in total. The average Bonchev–Trinajstić information content (AvgIpc) is 2.65. The zero-order chi connectivity index (χ0) is 13.7. The lowest BCUT2D eigenvalue weighted by molar-refractivity contribution is -0.0498. The van der Waals surface area contributed by atoms with Gasteiger partial charge in [-0.25, -0.2) is 0 Å². The van der Waals surface area contributed by atoms with E-state index >= 15 is 0 Å². The molecule has 1 unspecified atom stereocenters. The van der Waals surface area contributed by atoms with Crippen LogP contribution in [0.15, 0.2) is 6.07 Å². The number of nitrogens with two attached hydrogens (primary N) is 1. The molecule has 1 aromatic rings. The second-order valence-corrected chi connectivity index (χ2v) is 4.78. The summed E-state index contributed by atoms with van der Waals surface area (Å²) in [4.78, 5) is 12.4. The molecule has 0 saturated carbocycles. The van der Waals surface area contributed by atoms with Gasteiger partial charge in [-0.15, -0.1) is 11.3 Å². The Kier molecular flexibility index (Phi) is 5.45. The van der Waals surface area contributed by atoms with Gasteiger partial charge in [-0.05, 0) is 13.0 Å². The fraction of sp³-hybridized carbons (Fsp3) is 0.500. The molecule has 0 aliphatic rings. The van der Waals surface area contributed by atoms with E-state index in [2.05, 4.69) is 10.1 Å². The number of hydrogen-bond donors (Lipinski definition) is 3. The summed E-state index contributed by atoms with van der Waals surface area (Å²) >= 11 is 1.04. The van der Waals surface area contributed by atoms with Gasteiger partial charge in [0, 0.05) is 18.0 Å². The fourth-order valence-corrected chi connectivity index (χ4v) is 2.07. The van der Waals surface area contributed by atoms with Crippen molar-refractivity contribution in [2.75, 3.05) is 13.1 Å². The number of halogens is 2. The molecule has 0 bridgehead atoms. The molecule has 0 radical (unpaired) electrons. The van der Waals surface area contributed by atoms with E-state index in [0.717, 1.165) is 11.3 Å². The molecule has 1 atom stereocenters. The first-order chi connectivity index (χ1) is 8.43. The molecular formula is C10H14F2N2O3S. The van der Waals surface area contributed by atoms with Crippen LogP contribution in [0.2, 0.25) is 0 Å². The molecule has 0 fully saturated rings. The van der Waals surface area contributed by atoms with Crippen LogP contribution in [-0.2, 0) is 0 Å². The van der Waals surface area contributed by atoms with Crippen LogP contribution in [0, 0.1) is 6.92 Å². The number of amides is 1. The first kappa shape index (κ1) is 14.8. The van der Waals surface area contributed by atoms with E-state index in [4.69, 9.17) is 5.73 Å². The van der Waals surface area contributed by atoms with Crippen molar-refractivity contribution < 1.29 is 23.4 Å². The van der Waals surface area contributed by atoms with Gasteiger partial charge in [-0.1, -0.05) is 0 Å². The summed E-state index contributed by atoms with van der Waals surface area (Å²) < 4.78 is 28.5. The molecule has 0 aliphatic heterocycles. The number of aliphatic hydroxyl groups is 1. The van der Waals surface area contributed by atoms with Crippen LogP contribution in [0.1, 0.15) is 14.5 Å². The SMILES string of the molecule is Cc1cc(OC(F)F)c(C(=O)NCC(O)CN)s1. The van der Waals surface area contributed by atoms with Crippen molar-refractivity contribution in [3.8, 4) is 5.75 Å². The maximum Gasteiger partial charge on any atom is 0.387 e. The van der Waals surface area contributed by atoms with Crippen LogP contribution >= 0.6 is 11.3 Å². The molecule has 1 aromatic heterocycles. The Morgan fingerprint density at radius 1 is 1.67 bits per heavy atom. The number of ether oxygens (including phenoxy) is 1. The third-order valence-electron chi connectivity index (χ3n) is 2.01. The Morgan fingerprint density at radius 2 is 2.33 bits per heavy atom. The maximum absolute atomic E-state index is 12.1. The third kappa shape index (κ3) is 4.21. The van der Waals surface area contributed by atoms with Gasteiger partial charge >= 0.3 is 6.61 Å². The van der Waals surface area contributed by atoms with Crippen molar-refractivity contribution in [1.82, 2.24) is 5.32 Å². The lowest BCUT2D eigenvalue weighted by atomic mass is 10.3. The van der Waals surface area contributed by atoms with Crippen molar-refractivity contribution in [2.45, 2.75) is 19.6 Å². The van der Waals surface area contributed by atoms with E-state index in [1.807, 2.05) is 0 Å². The van der Waals surface area contributed by atoms with Crippen LogP contribution in [0.3, 0.4) is 0 Å². The molecule has 8 heteroatoms. The molecule has 1 heterocycles. The predicted molar refractivity (Wildman–Crippen MR) is 63.1 cm³/mol. The van der Waals surface area contributed by atoms with Gasteiger partial charge in [0.15, 0.2) is 0 Å². The third-order valence-corrected chi connectivity index (χ3v) is 3.04. The number of carbonyl (C=O) groups is 1. The summed E-state index contributed by atoms with van der Waals surface area (Å²) in [5.41, 5.74) is 5.17. The lowest BCUT2D eigenvalue weighted by Gasteiger charge is -2.09. The number of aryl methyl sites for hydroxylation is 1. The highest BCUT2D eigenvalue weighted by Crippen LogP contribution is 2.30. The van der Waals surface area contributed by atoms with Gasteiger partial charge < -0.3 is 20.9 Å². The number of rotatable bonds is 6. The van der Waals surface area contributed by atoms with E-state index in [0.29, 0.717) is 4.88 Å². The van der Waals surface area contributed by atoms with E-state index in [-0.39, 0.29) is 23.7 Å². The zero-order valence-electron chi connectivity index (χ0n) is 9.65. The second kappa shape index (κ2) is 6.62. The molecule has 5 nitrogen and oxygen atoms in total. The van der Waals surface area contributed by atoms with Gasteiger partial charge in [0.25, 0.3) is 5.91 Å². The molecule has 1 rings (SSSR count). The number of nitrogens with one attached hydrogen (secondary N) is 1. The van der Waals surface area contributed by atoms with E-state index in [9.17, 15) is 18.7 Å². The first-order valence-electron chi connectivity index (χ1n) is 5.15. The van der Waals surface area contributed by atoms with Gasteiger partial charge in [0.2, 0.25) is 0 Å². The van der Waals surface area contributed by atoms with E-state index in [1.165, 1.54) is 6.07 Å². The minimum Gasteiger partial charge on any atom is -0.433 e. The highest BCUT2D eigenvalue weighted by atomic mass is 32.1. The predicted octanol–water partition coefficient (Wildman–Crippen LogP) is 0.707. The summed E-state index contributed by atoms with van der Waals surface area (Å²) in [6.45, 7) is -1.35. The largest absolute Gasteiger partial charge is 0.433 e. The molecule has 0 aromatic carbocycles. The first-order valence-corrected chi connectivity index (χ1v) is 5.97. The van der Waals surface area contributed by atoms with Crippen LogP contribution < -0.4 is 15.8 Å². The molecule has 0 aliphatic carbocycles. The highest BCUT2D eigenvalue weighted by Gasteiger charge is 2.19. The molecule has 1 amide bonds. The fourth-order valence-electron chi connectivity index (χ4n) is 1.21. The molecule has 18 heavy (non-hydrogen) atoms.